The number of benzene rings is 2. The van der Waals surface area contributed by atoms with Gasteiger partial charge in [-0.3, -0.25) is 9.59 Å². The fourth-order valence-corrected chi connectivity index (χ4v) is 3.14. The Labute approximate surface area is 156 Å². The molecule has 2 aromatic rings. The lowest BCUT2D eigenvalue weighted by Crippen LogP contribution is -2.28. The van der Waals surface area contributed by atoms with Crippen LogP contribution in [0.2, 0.25) is 10.0 Å². The first-order valence-corrected chi connectivity index (χ1v) is 8.74. The zero-order valence-corrected chi connectivity index (χ0v) is 15.5. The van der Waals surface area contributed by atoms with Crippen molar-refractivity contribution in [2.75, 3.05) is 16.8 Å². The molecule has 1 aliphatic rings. The fourth-order valence-electron chi connectivity index (χ4n) is 2.84. The van der Waals surface area contributed by atoms with Gasteiger partial charge in [-0.1, -0.05) is 29.3 Å². The van der Waals surface area contributed by atoms with Gasteiger partial charge in [-0.2, -0.15) is 0 Å². The predicted octanol–water partition coefficient (Wildman–Crippen LogP) is 4.60. The second-order valence-electron chi connectivity index (χ2n) is 6.29. The topological polar surface area (TPSA) is 49.4 Å². The van der Waals surface area contributed by atoms with Crippen molar-refractivity contribution in [3.63, 3.8) is 0 Å². The van der Waals surface area contributed by atoms with Crippen LogP contribution in [-0.4, -0.2) is 18.4 Å². The van der Waals surface area contributed by atoms with E-state index in [0.29, 0.717) is 22.3 Å². The van der Waals surface area contributed by atoms with E-state index in [1.807, 2.05) is 32.0 Å². The van der Waals surface area contributed by atoms with Gasteiger partial charge in [0.25, 0.3) is 0 Å². The van der Waals surface area contributed by atoms with E-state index < -0.39 is 5.92 Å². The molecule has 0 aliphatic carbocycles. The second-order valence-corrected chi connectivity index (χ2v) is 7.11. The Balaban J connectivity index is 1.71. The summed E-state index contributed by atoms with van der Waals surface area (Å²) < 4.78 is 0. The van der Waals surface area contributed by atoms with E-state index in [4.69, 9.17) is 23.2 Å². The van der Waals surface area contributed by atoms with Crippen LogP contribution in [0.3, 0.4) is 0 Å². The minimum absolute atomic E-state index is 0.0439. The smallest absolute Gasteiger partial charge is 0.229 e. The summed E-state index contributed by atoms with van der Waals surface area (Å²) in [7, 11) is 0. The predicted molar refractivity (Wildman–Crippen MR) is 101 cm³/mol. The van der Waals surface area contributed by atoms with E-state index in [2.05, 4.69) is 5.32 Å². The minimum Gasteiger partial charge on any atom is -0.326 e. The molecule has 4 nitrogen and oxygen atoms in total. The molecule has 6 heteroatoms. The van der Waals surface area contributed by atoms with Crippen LogP contribution in [0.5, 0.6) is 0 Å². The van der Waals surface area contributed by atoms with Crippen LogP contribution in [0.4, 0.5) is 11.4 Å². The van der Waals surface area contributed by atoms with Crippen molar-refractivity contribution in [2.24, 2.45) is 5.92 Å². The maximum absolute atomic E-state index is 12.5. The van der Waals surface area contributed by atoms with Gasteiger partial charge in [0.05, 0.1) is 16.0 Å². The summed E-state index contributed by atoms with van der Waals surface area (Å²) in [5.74, 6) is -0.640. The zero-order valence-electron chi connectivity index (χ0n) is 14.0. The van der Waals surface area contributed by atoms with Crippen molar-refractivity contribution >= 4 is 46.4 Å². The Kier molecular flexibility index (Phi) is 5.02. The van der Waals surface area contributed by atoms with Crippen LogP contribution in [0, 0.1) is 19.8 Å². The molecule has 130 valence electrons. The Morgan fingerprint density at radius 2 is 1.84 bits per heavy atom. The molecule has 0 spiro atoms. The summed E-state index contributed by atoms with van der Waals surface area (Å²) in [6.07, 6.45) is 0.195. The lowest BCUT2D eigenvalue weighted by atomic mass is 10.1. The largest absolute Gasteiger partial charge is 0.326 e. The third kappa shape index (κ3) is 3.80. The molecular weight excluding hydrogens is 359 g/mol. The van der Waals surface area contributed by atoms with Crippen LogP contribution in [0.25, 0.3) is 0 Å². The highest BCUT2D eigenvalue weighted by Crippen LogP contribution is 2.29. The first-order chi connectivity index (χ1) is 11.8. The molecule has 1 aliphatic heterocycles. The summed E-state index contributed by atoms with van der Waals surface area (Å²) in [5.41, 5.74) is 3.69. The van der Waals surface area contributed by atoms with Crippen LogP contribution in [-0.2, 0) is 9.59 Å². The van der Waals surface area contributed by atoms with Crippen LogP contribution < -0.4 is 10.2 Å². The lowest BCUT2D eigenvalue weighted by molar-refractivity contribution is -0.122. The van der Waals surface area contributed by atoms with Crippen molar-refractivity contribution in [3.05, 3.63) is 57.6 Å². The molecule has 1 N–H and O–H groups in total. The number of hydrogen-bond donors (Lipinski definition) is 1. The Morgan fingerprint density at radius 3 is 2.52 bits per heavy atom. The van der Waals surface area contributed by atoms with Crippen molar-refractivity contribution in [1.29, 1.82) is 0 Å². The SMILES string of the molecule is Cc1ccc(N2C[C@H](C(=O)Nc3ccc(Cl)c(Cl)c3)CC2=O)cc1C. The summed E-state index contributed by atoms with van der Waals surface area (Å²) in [6.45, 7) is 4.40. The van der Waals surface area contributed by atoms with E-state index in [1.165, 1.54) is 5.56 Å². The molecule has 0 saturated carbocycles. The first-order valence-electron chi connectivity index (χ1n) is 7.98. The fraction of sp³-hybridized carbons (Fsp3) is 0.263. The van der Waals surface area contributed by atoms with E-state index in [1.54, 1.807) is 23.1 Å². The number of amides is 2. The van der Waals surface area contributed by atoms with Gasteiger partial charge < -0.3 is 10.2 Å². The monoisotopic (exact) mass is 376 g/mol. The van der Waals surface area contributed by atoms with E-state index in [9.17, 15) is 9.59 Å². The van der Waals surface area contributed by atoms with Gasteiger partial charge in [-0.05, 0) is 55.3 Å². The maximum atomic E-state index is 12.5. The standard InChI is InChI=1S/C19H18Cl2N2O2/c1-11-3-5-15(7-12(11)2)23-10-13(8-18(23)24)19(25)22-14-4-6-16(20)17(21)9-14/h3-7,9,13H,8,10H2,1-2H3,(H,22,25)/t13-/m1/s1. The third-order valence-electron chi connectivity index (χ3n) is 4.49. The van der Waals surface area contributed by atoms with Crippen LogP contribution in [0.15, 0.2) is 36.4 Å². The average Bonchev–Trinajstić information content (AvgIpc) is 2.95. The van der Waals surface area contributed by atoms with Gasteiger partial charge in [0.1, 0.15) is 0 Å². The highest BCUT2D eigenvalue weighted by molar-refractivity contribution is 6.42. The average molecular weight is 377 g/mol. The van der Waals surface area contributed by atoms with Gasteiger partial charge >= 0.3 is 0 Å². The molecule has 1 fully saturated rings. The number of rotatable bonds is 3. The second kappa shape index (κ2) is 7.06. The third-order valence-corrected chi connectivity index (χ3v) is 5.22. The molecule has 2 amide bonds. The molecular formula is C19H18Cl2N2O2. The highest BCUT2D eigenvalue weighted by atomic mass is 35.5. The van der Waals surface area contributed by atoms with Crippen molar-refractivity contribution in [1.82, 2.24) is 0 Å². The summed E-state index contributed by atoms with van der Waals surface area (Å²) in [5, 5.41) is 3.61. The Morgan fingerprint density at radius 1 is 1.08 bits per heavy atom. The molecule has 1 heterocycles. The number of anilines is 2. The summed E-state index contributed by atoms with van der Waals surface area (Å²) in [4.78, 5) is 26.5. The normalized spacial score (nSPS) is 17.0. The molecule has 0 aromatic heterocycles. The quantitative estimate of drug-likeness (QED) is 0.850. The summed E-state index contributed by atoms with van der Waals surface area (Å²) in [6, 6.07) is 10.8. The molecule has 1 saturated heterocycles. The lowest BCUT2D eigenvalue weighted by Gasteiger charge is -2.18. The maximum Gasteiger partial charge on any atom is 0.229 e. The zero-order chi connectivity index (χ0) is 18.1. The van der Waals surface area contributed by atoms with E-state index in [-0.39, 0.29) is 18.2 Å². The number of carbonyl (C=O) groups excluding carboxylic acids is 2. The first kappa shape index (κ1) is 17.8. The van der Waals surface area contributed by atoms with Crippen molar-refractivity contribution < 1.29 is 9.59 Å². The number of aryl methyl sites for hydroxylation is 2. The summed E-state index contributed by atoms with van der Waals surface area (Å²) >= 11 is 11.8. The van der Waals surface area contributed by atoms with Crippen molar-refractivity contribution in [3.8, 4) is 0 Å². The molecule has 0 unspecified atom stereocenters. The Bertz CT molecular complexity index is 851. The molecule has 3 rings (SSSR count). The van der Waals surface area contributed by atoms with Crippen LogP contribution >= 0.6 is 23.2 Å². The molecule has 0 radical (unpaired) electrons. The van der Waals surface area contributed by atoms with Crippen LogP contribution in [0.1, 0.15) is 17.5 Å². The van der Waals surface area contributed by atoms with Gasteiger partial charge in [0, 0.05) is 24.3 Å². The highest BCUT2D eigenvalue weighted by Gasteiger charge is 2.35. The molecule has 25 heavy (non-hydrogen) atoms. The minimum atomic E-state index is -0.399. The van der Waals surface area contributed by atoms with Gasteiger partial charge in [-0.15, -0.1) is 0 Å². The number of nitrogens with zero attached hydrogens (tertiary/aromatic N) is 1. The van der Waals surface area contributed by atoms with Crippen molar-refractivity contribution in [2.45, 2.75) is 20.3 Å². The molecule has 0 bridgehead atoms. The molecule has 2 aromatic carbocycles. The Hall–Kier alpha value is -2.04. The van der Waals surface area contributed by atoms with E-state index >= 15 is 0 Å². The number of hydrogen-bond acceptors (Lipinski definition) is 2. The van der Waals surface area contributed by atoms with Gasteiger partial charge in [0.2, 0.25) is 11.8 Å². The van der Waals surface area contributed by atoms with Gasteiger partial charge in [0.15, 0.2) is 0 Å². The number of carbonyl (C=O) groups is 2. The number of nitrogens with one attached hydrogen (secondary N) is 1. The van der Waals surface area contributed by atoms with E-state index in [0.717, 1.165) is 11.3 Å². The van der Waals surface area contributed by atoms with Gasteiger partial charge in [-0.25, -0.2) is 0 Å². The number of halogens is 2. The molecule has 1 atom stereocenters.